The minimum absolute atomic E-state index is 0.195. The molecule has 1 aliphatic rings. The van der Waals surface area contributed by atoms with Gasteiger partial charge in [-0.25, -0.2) is 13.4 Å². The highest BCUT2D eigenvalue weighted by Crippen LogP contribution is 2.34. The first-order valence-corrected chi connectivity index (χ1v) is 16.2. The number of thiazole rings is 1. The fourth-order valence-corrected chi connectivity index (χ4v) is 7.61. The number of benzene rings is 2. The molecule has 0 unspecified atom stereocenters. The van der Waals surface area contributed by atoms with Gasteiger partial charge in [0.05, 0.1) is 28.3 Å². The largest absolute Gasteiger partial charge is 0.379 e. The molecule has 39 heavy (non-hydrogen) atoms. The van der Waals surface area contributed by atoms with Gasteiger partial charge >= 0.3 is 0 Å². The number of morpholine rings is 1. The second-order valence-electron chi connectivity index (χ2n) is 9.70. The minimum Gasteiger partial charge on any atom is -0.379 e. The number of sulfonamides is 1. The molecule has 4 rings (SSSR count). The van der Waals surface area contributed by atoms with Crippen LogP contribution in [0.2, 0.25) is 5.02 Å². The molecule has 0 N–H and O–H groups in total. The molecule has 8 nitrogen and oxygen atoms in total. The Bertz CT molecular complexity index is 1370. The maximum Gasteiger partial charge on any atom is 0.260 e. The molecule has 1 amide bonds. The average molecular weight is 593 g/mol. The van der Waals surface area contributed by atoms with Crippen molar-refractivity contribution in [2.45, 2.75) is 44.9 Å². The highest BCUT2D eigenvalue weighted by Gasteiger charge is 2.25. The number of aromatic nitrogens is 1. The van der Waals surface area contributed by atoms with Crippen molar-refractivity contribution < 1.29 is 17.9 Å². The monoisotopic (exact) mass is 592 g/mol. The van der Waals surface area contributed by atoms with Gasteiger partial charge in [-0.1, -0.05) is 43.2 Å². The minimum atomic E-state index is -3.62. The van der Waals surface area contributed by atoms with E-state index >= 15 is 0 Å². The summed E-state index contributed by atoms with van der Waals surface area (Å²) in [5.41, 5.74) is 2.21. The molecule has 0 spiro atoms. The molecular formula is C28H37ClN4O4S2. The topological polar surface area (TPSA) is 83.1 Å². The SMILES string of the molecule is CCCCN(CC)S(=O)(=O)c1ccc(C(=O)N(CCCN2CCOCC2)c2nc3c(C)cc(Cl)cc3s2)cc1. The molecular weight excluding hydrogens is 556 g/mol. The summed E-state index contributed by atoms with van der Waals surface area (Å²) in [6.07, 6.45) is 2.49. The third kappa shape index (κ3) is 7.17. The first kappa shape index (κ1) is 29.9. The lowest BCUT2D eigenvalue weighted by Gasteiger charge is -2.27. The van der Waals surface area contributed by atoms with E-state index in [0.29, 0.717) is 35.4 Å². The summed E-state index contributed by atoms with van der Waals surface area (Å²) in [6.45, 7) is 11.3. The fraction of sp³-hybridized carbons (Fsp3) is 0.500. The number of fused-ring (bicyclic) bond motifs is 1. The normalized spacial score (nSPS) is 14.8. The molecule has 212 valence electrons. The molecule has 1 aromatic heterocycles. The van der Waals surface area contributed by atoms with Crippen molar-refractivity contribution >= 4 is 54.2 Å². The van der Waals surface area contributed by atoms with Crippen LogP contribution in [0, 0.1) is 6.92 Å². The van der Waals surface area contributed by atoms with Gasteiger partial charge in [0.1, 0.15) is 0 Å². The predicted molar refractivity (Wildman–Crippen MR) is 159 cm³/mol. The summed E-state index contributed by atoms with van der Waals surface area (Å²) in [4.78, 5) is 22.9. The Morgan fingerprint density at radius 1 is 1.10 bits per heavy atom. The molecule has 0 aliphatic carbocycles. The van der Waals surface area contributed by atoms with E-state index in [0.717, 1.165) is 67.9 Å². The lowest BCUT2D eigenvalue weighted by atomic mass is 10.2. The maximum absolute atomic E-state index is 13.8. The van der Waals surface area contributed by atoms with Crippen LogP contribution in [0.5, 0.6) is 0 Å². The van der Waals surface area contributed by atoms with E-state index in [4.69, 9.17) is 21.3 Å². The van der Waals surface area contributed by atoms with E-state index in [2.05, 4.69) is 4.90 Å². The molecule has 2 aromatic carbocycles. The molecule has 1 saturated heterocycles. The van der Waals surface area contributed by atoms with Gasteiger partial charge in [0.25, 0.3) is 5.91 Å². The third-order valence-electron chi connectivity index (χ3n) is 6.93. The van der Waals surface area contributed by atoms with E-state index in [1.807, 2.05) is 32.9 Å². The van der Waals surface area contributed by atoms with E-state index in [1.54, 1.807) is 17.0 Å². The molecule has 0 bridgehead atoms. The Balaban J connectivity index is 1.59. The first-order valence-electron chi connectivity index (χ1n) is 13.5. The summed E-state index contributed by atoms with van der Waals surface area (Å²) >= 11 is 7.72. The van der Waals surface area contributed by atoms with Crippen LogP contribution in [0.15, 0.2) is 41.3 Å². The van der Waals surface area contributed by atoms with Crippen LogP contribution >= 0.6 is 22.9 Å². The smallest absolute Gasteiger partial charge is 0.260 e. The molecule has 0 atom stereocenters. The number of amides is 1. The zero-order valence-electron chi connectivity index (χ0n) is 22.9. The van der Waals surface area contributed by atoms with E-state index in [1.165, 1.54) is 27.8 Å². The summed E-state index contributed by atoms with van der Waals surface area (Å²) in [5.74, 6) is -0.206. The summed E-state index contributed by atoms with van der Waals surface area (Å²) in [6, 6.07) is 10.0. The number of anilines is 1. The highest BCUT2D eigenvalue weighted by atomic mass is 35.5. The molecule has 0 radical (unpaired) electrons. The zero-order chi connectivity index (χ0) is 28.0. The number of rotatable bonds is 12. The van der Waals surface area contributed by atoms with Crippen molar-refractivity contribution in [2.75, 3.05) is 57.4 Å². The van der Waals surface area contributed by atoms with Gasteiger partial charge in [-0.05, 0) is 61.7 Å². The van der Waals surface area contributed by atoms with Crippen LogP contribution < -0.4 is 4.90 Å². The van der Waals surface area contributed by atoms with Crippen molar-refractivity contribution in [3.63, 3.8) is 0 Å². The predicted octanol–water partition coefficient (Wildman–Crippen LogP) is 5.44. The Morgan fingerprint density at radius 3 is 2.49 bits per heavy atom. The number of carbonyl (C=O) groups excluding carboxylic acids is 1. The van der Waals surface area contributed by atoms with Crippen molar-refractivity contribution in [3.05, 3.63) is 52.5 Å². The van der Waals surface area contributed by atoms with Gasteiger partial charge < -0.3 is 4.74 Å². The van der Waals surface area contributed by atoms with Crippen LogP contribution in [-0.4, -0.2) is 81.0 Å². The average Bonchev–Trinajstić information content (AvgIpc) is 3.36. The Morgan fingerprint density at radius 2 is 1.82 bits per heavy atom. The lowest BCUT2D eigenvalue weighted by molar-refractivity contribution is 0.0376. The number of carbonyl (C=O) groups is 1. The quantitative estimate of drug-likeness (QED) is 0.279. The summed E-state index contributed by atoms with van der Waals surface area (Å²) in [5, 5.41) is 1.24. The second kappa shape index (κ2) is 13.5. The maximum atomic E-state index is 13.8. The van der Waals surface area contributed by atoms with Crippen LogP contribution in [0.25, 0.3) is 10.2 Å². The second-order valence-corrected chi connectivity index (χ2v) is 13.1. The van der Waals surface area contributed by atoms with Crippen molar-refractivity contribution in [1.29, 1.82) is 0 Å². The van der Waals surface area contributed by atoms with E-state index < -0.39 is 10.0 Å². The Hall–Kier alpha value is -2.08. The number of hydrogen-bond donors (Lipinski definition) is 0. The highest BCUT2D eigenvalue weighted by molar-refractivity contribution is 7.89. The van der Waals surface area contributed by atoms with Gasteiger partial charge in [-0.15, -0.1) is 0 Å². The van der Waals surface area contributed by atoms with Gasteiger partial charge in [0.15, 0.2) is 5.13 Å². The van der Waals surface area contributed by atoms with Crippen LogP contribution in [0.1, 0.15) is 49.0 Å². The van der Waals surface area contributed by atoms with Crippen molar-refractivity contribution in [2.24, 2.45) is 0 Å². The molecule has 1 aliphatic heterocycles. The van der Waals surface area contributed by atoms with E-state index in [9.17, 15) is 13.2 Å². The molecule has 2 heterocycles. The van der Waals surface area contributed by atoms with E-state index in [-0.39, 0.29) is 10.8 Å². The van der Waals surface area contributed by atoms with Gasteiger partial charge in [-0.3, -0.25) is 14.6 Å². The van der Waals surface area contributed by atoms with Crippen molar-refractivity contribution in [1.82, 2.24) is 14.2 Å². The van der Waals surface area contributed by atoms with Crippen LogP contribution in [0.4, 0.5) is 5.13 Å². The standard InChI is InChI=1S/C28H37ClN4O4S2/c1-4-6-13-32(5-2)39(35,36)24-10-8-22(9-11-24)27(34)33(14-7-12-31-15-17-37-18-16-31)28-30-26-21(3)19-23(29)20-25(26)38-28/h8-11,19-20H,4-7,12-18H2,1-3H3. The zero-order valence-corrected chi connectivity index (χ0v) is 25.2. The summed E-state index contributed by atoms with van der Waals surface area (Å²) in [7, 11) is -3.62. The number of nitrogens with zero attached hydrogens (tertiary/aromatic N) is 4. The van der Waals surface area contributed by atoms with Gasteiger partial charge in [0.2, 0.25) is 10.0 Å². The molecule has 0 saturated carbocycles. The number of hydrogen-bond acceptors (Lipinski definition) is 7. The molecule has 3 aromatic rings. The Labute approximate surface area is 240 Å². The first-order chi connectivity index (χ1) is 18.7. The summed E-state index contributed by atoms with van der Waals surface area (Å²) < 4.78 is 34.2. The van der Waals surface area contributed by atoms with Crippen molar-refractivity contribution in [3.8, 4) is 0 Å². The number of halogens is 1. The third-order valence-corrected chi connectivity index (χ3v) is 10.2. The molecule has 11 heteroatoms. The fourth-order valence-electron chi connectivity index (χ4n) is 4.68. The van der Waals surface area contributed by atoms with Gasteiger partial charge in [-0.2, -0.15) is 4.31 Å². The molecule has 1 fully saturated rings. The number of aryl methyl sites for hydroxylation is 1. The number of ether oxygens (including phenoxy) is 1. The van der Waals surface area contributed by atoms with Gasteiger partial charge in [0, 0.05) is 49.9 Å². The lowest BCUT2D eigenvalue weighted by Crippen LogP contribution is -2.39. The van der Waals surface area contributed by atoms with Crippen LogP contribution in [0.3, 0.4) is 0 Å². The Kier molecular flexibility index (Phi) is 10.4. The number of unbranched alkanes of at least 4 members (excludes halogenated alkanes) is 1. The van der Waals surface area contributed by atoms with Crippen LogP contribution in [-0.2, 0) is 14.8 Å².